The molecule has 0 spiro atoms. The first-order chi connectivity index (χ1) is 14.5. The Morgan fingerprint density at radius 1 is 1.03 bits per heavy atom. The maximum Gasteiger partial charge on any atom is 0.254 e. The molecule has 6 nitrogen and oxygen atoms in total. The monoisotopic (exact) mass is 411 g/mol. The lowest BCUT2D eigenvalue weighted by Gasteiger charge is -2.42. The molecule has 158 valence electrons. The molecule has 0 saturated carbocycles. The van der Waals surface area contributed by atoms with E-state index in [0.717, 1.165) is 19.6 Å². The molecule has 4 rings (SSSR count). The number of ether oxygens (including phenoxy) is 1. The van der Waals surface area contributed by atoms with Crippen LogP contribution < -0.4 is 0 Å². The van der Waals surface area contributed by atoms with Crippen LogP contribution >= 0.6 is 0 Å². The zero-order chi connectivity index (χ0) is 21.1. The maximum atomic E-state index is 14.5. The Balaban J connectivity index is 1.45. The van der Waals surface area contributed by atoms with Crippen LogP contribution in [0, 0.1) is 5.82 Å². The number of hydrogen-bond acceptors (Lipinski definition) is 4. The topological polar surface area (TPSA) is 53.1 Å². The molecule has 7 heteroatoms. The number of benzene rings is 2. The number of amides is 2. The van der Waals surface area contributed by atoms with E-state index in [1.54, 1.807) is 30.1 Å². The summed E-state index contributed by atoms with van der Waals surface area (Å²) in [6.45, 7) is 3.34. The number of halogens is 1. The third-order valence-electron chi connectivity index (χ3n) is 5.88. The molecule has 0 aliphatic carbocycles. The van der Waals surface area contributed by atoms with Crippen LogP contribution in [0.25, 0.3) is 0 Å². The second-order valence-electron chi connectivity index (χ2n) is 7.79. The minimum Gasteiger partial charge on any atom is -0.356 e. The molecule has 30 heavy (non-hydrogen) atoms. The third-order valence-corrected chi connectivity index (χ3v) is 5.88. The van der Waals surface area contributed by atoms with E-state index >= 15 is 0 Å². The molecule has 2 aliphatic heterocycles. The van der Waals surface area contributed by atoms with Crippen LogP contribution in [0.3, 0.4) is 0 Å². The average Bonchev–Trinajstić information content (AvgIpc) is 2.77. The molecule has 2 heterocycles. The van der Waals surface area contributed by atoms with E-state index < -0.39 is 18.0 Å². The number of carbonyl (C=O) groups is 2. The van der Waals surface area contributed by atoms with Crippen molar-refractivity contribution >= 4 is 11.8 Å². The molecular weight excluding hydrogens is 385 g/mol. The van der Waals surface area contributed by atoms with E-state index in [9.17, 15) is 14.0 Å². The van der Waals surface area contributed by atoms with E-state index in [1.807, 2.05) is 18.2 Å². The highest BCUT2D eigenvalue weighted by atomic mass is 19.1. The maximum absolute atomic E-state index is 14.5. The molecule has 2 saturated heterocycles. The summed E-state index contributed by atoms with van der Waals surface area (Å²) in [7, 11) is 1.60. The zero-order valence-electron chi connectivity index (χ0n) is 17.0. The molecule has 0 bridgehead atoms. The lowest BCUT2D eigenvalue weighted by molar-refractivity contribution is -0.168. The Labute approximate surface area is 175 Å². The van der Waals surface area contributed by atoms with Crippen molar-refractivity contribution in [3.8, 4) is 0 Å². The molecule has 2 aromatic carbocycles. The molecule has 2 atom stereocenters. The van der Waals surface area contributed by atoms with Gasteiger partial charge in [0.05, 0.1) is 6.04 Å². The highest BCUT2D eigenvalue weighted by Gasteiger charge is 2.43. The van der Waals surface area contributed by atoms with Crippen LogP contribution in [0.4, 0.5) is 4.39 Å². The fourth-order valence-corrected chi connectivity index (χ4v) is 4.15. The minimum absolute atomic E-state index is 0.175. The minimum atomic E-state index is -0.912. The Morgan fingerprint density at radius 2 is 1.70 bits per heavy atom. The van der Waals surface area contributed by atoms with Gasteiger partial charge in [-0.25, -0.2) is 4.39 Å². The third kappa shape index (κ3) is 4.22. The summed E-state index contributed by atoms with van der Waals surface area (Å²) in [4.78, 5) is 31.0. The second kappa shape index (κ2) is 8.93. The van der Waals surface area contributed by atoms with Gasteiger partial charge in [0.15, 0.2) is 6.10 Å². The quantitative estimate of drug-likeness (QED) is 0.773. The van der Waals surface area contributed by atoms with Gasteiger partial charge in [0.25, 0.3) is 5.91 Å². The van der Waals surface area contributed by atoms with Crippen molar-refractivity contribution in [3.63, 3.8) is 0 Å². The second-order valence-corrected chi connectivity index (χ2v) is 7.79. The van der Waals surface area contributed by atoms with Crippen LogP contribution in [0.15, 0.2) is 54.6 Å². The summed E-state index contributed by atoms with van der Waals surface area (Å²) >= 11 is 0. The van der Waals surface area contributed by atoms with Crippen molar-refractivity contribution in [2.75, 3.05) is 39.8 Å². The van der Waals surface area contributed by atoms with Crippen LogP contribution in [-0.2, 0) is 20.9 Å². The predicted molar refractivity (Wildman–Crippen MR) is 110 cm³/mol. The summed E-state index contributed by atoms with van der Waals surface area (Å²) in [5.74, 6) is -0.903. The van der Waals surface area contributed by atoms with E-state index in [-0.39, 0.29) is 18.4 Å². The summed E-state index contributed by atoms with van der Waals surface area (Å²) < 4.78 is 20.1. The number of carbonyl (C=O) groups excluding carboxylic acids is 2. The molecule has 0 radical (unpaired) electrons. The molecule has 2 fully saturated rings. The number of hydrogen-bond donors (Lipinski definition) is 0. The lowest BCUT2D eigenvalue weighted by Crippen LogP contribution is -2.57. The molecule has 0 N–H and O–H groups in total. The SMILES string of the molecule is CN1C(=O)CO[C@H](C(=O)N2CCN(Cc3ccccc3)CC2)[C@H]1c1ccccc1F. The number of likely N-dealkylation sites (N-methyl/N-ethyl adjacent to an activating group) is 1. The van der Waals surface area contributed by atoms with Crippen LogP contribution in [0.2, 0.25) is 0 Å². The highest BCUT2D eigenvalue weighted by Crippen LogP contribution is 2.32. The fourth-order valence-electron chi connectivity index (χ4n) is 4.15. The van der Waals surface area contributed by atoms with Gasteiger partial charge >= 0.3 is 0 Å². The van der Waals surface area contributed by atoms with Crippen LogP contribution in [0.1, 0.15) is 17.2 Å². The molecule has 2 amide bonds. The first kappa shape index (κ1) is 20.5. The molecular formula is C23H26FN3O3. The number of morpholine rings is 1. The first-order valence-electron chi connectivity index (χ1n) is 10.2. The number of nitrogens with zero attached hydrogens (tertiary/aromatic N) is 3. The number of piperazine rings is 1. The van der Waals surface area contributed by atoms with Gasteiger partial charge in [-0.3, -0.25) is 14.5 Å². The van der Waals surface area contributed by atoms with E-state index in [4.69, 9.17) is 4.74 Å². The van der Waals surface area contributed by atoms with Crippen molar-refractivity contribution < 1.29 is 18.7 Å². The molecule has 0 unspecified atom stereocenters. The Hall–Kier alpha value is -2.77. The highest BCUT2D eigenvalue weighted by molar-refractivity contribution is 5.86. The van der Waals surface area contributed by atoms with Gasteiger partial charge in [0.2, 0.25) is 5.91 Å². The van der Waals surface area contributed by atoms with Crippen molar-refractivity contribution in [1.29, 1.82) is 0 Å². The standard InChI is InChI=1S/C23H26FN3O3/c1-25-20(28)16-30-22(21(25)18-9-5-6-10-19(18)24)23(29)27-13-11-26(12-14-27)15-17-7-3-2-4-8-17/h2-10,21-22H,11-16H2,1H3/t21-,22+/m1/s1. The van der Waals surface area contributed by atoms with Gasteiger partial charge in [0, 0.05) is 45.3 Å². The fraction of sp³-hybridized carbons (Fsp3) is 0.391. The van der Waals surface area contributed by atoms with Crippen LogP contribution in [-0.4, -0.2) is 72.5 Å². The van der Waals surface area contributed by atoms with E-state index in [2.05, 4.69) is 17.0 Å². The van der Waals surface area contributed by atoms with Crippen molar-refractivity contribution in [2.45, 2.75) is 18.7 Å². The predicted octanol–water partition coefficient (Wildman–Crippen LogP) is 2.07. The van der Waals surface area contributed by atoms with Crippen LogP contribution in [0.5, 0.6) is 0 Å². The van der Waals surface area contributed by atoms with Gasteiger partial charge in [-0.2, -0.15) is 0 Å². The van der Waals surface area contributed by atoms with Gasteiger partial charge in [0.1, 0.15) is 12.4 Å². The Morgan fingerprint density at radius 3 is 2.40 bits per heavy atom. The molecule has 2 aliphatic rings. The van der Waals surface area contributed by atoms with Gasteiger partial charge < -0.3 is 14.5 Å². The Bertz CT molecular complexity index is 900. The largest absolute Gasteiger partial charge is 0.356 e. The van der Waals surface area contributed by atoms with Crippen molar-refractivity contribution in [2.24, 2.45) is 0 Å². The van der Waals surface area contributed by atoms with Crippen molar-refractivity contribution in [1.82, 2.24) is 14.7 Å². The molecule has 0 aromatic heterocycles. The van der Waals surface area contributed by atoms with Gasteiger partial charge in [-0.05, 0) is 11.6 Å². The van der Waals surface area contributed by atoms with Crippen molar-refractivity contribution in [3.05, 3.63) is 71.5 Å². The summed E-state index contributed by atoms with van der Waals surface area (Å²) in [6, 6.07) is 15.7. The summed E-state index contributed by atoms with van der Waals surface area (Å²) in [5, 5.41) is 0. The summed E-state index contributed by atoms with van der Waals surface area (Å²) in [6.07, 6.45) is -0.912. The Kier molecular flexibility index (Phi) is 6.11. The smallest absolute Gasteiger partial charge is 0.254 e. The van der Waals surface area contributed by atoms with E-state index in [0.29, 0.717) is 18.7 Å². The normalized spacial score (nSPS) is 22.9. The van der Waals surface area contributed by atoms with Gasteiger partial charge in [-0.15, -0.1) is 0 Å². The lowest BCUT2D eigenvalue weighted by atomic mass is 9.96. The molecule has 2 aromatic rings. The average molecular weight is 411 g/mol. The summed E-state index contributed by atoms with van der Waals surface area (Å²) in [5.41, 5.74) is 1.54. The van der Waals surface area contributed by atoms with Gasteiger partial charge in [-0.1, -0.05) is 48.5 Å². The number of rotatable bonds is 4. The first-order valence-corrected chi connectivity index (χ1v) is 10.2. The van der Waals surface area contributed by atoms with E-state index in [1.165, 1.54) is 16.5 Å². The zero-order valence-corrected chi connectivity index (χ0v) is 17.0.